The van der Waals surface area contributed by atoms with Crippen molar-refractivity contribution < 1.29 is 14.3 Å². The molecule has 1 aromatic carbocycles. The van der Waals surface area contributed by atoms with E-state index in [0.29, 0.717) is 48.8 Å². The van der Waals surface area contributed by atoms with Gasteiger partial charge in [0, 0.05) is 41.4 Å². The van der Waals surface area contributed by atoms with Crippen LogP contribution in [0.1, 0.15) is 23.2 Å². The molecule has 0 spiro atoms. The van der Waals surface area contributed by atoms with Gasteiger partial charge in [-0.3, -0.25) is 14.6 Å². The molecule has 2 amide bonds. The molecule has 0 atom stereocenters. The topological polar surface area (TPSA) is 84.4 Å². The van der Waals surface area contributed by atoms with Crippen molar-refractivity contribution in [2.24, 2.45) is 5.92 Å². The molecule has 3 heterocycles. The first-order valence-electron chi connectivity index (χ1n) is 9.98. The summed E-state index contributed by atoms with van der Waals surface area (Å²) in [5.74, 6) is 1.58. The Morgan fingerprint density at radius 2 is 1.77 bits per heavy atom. The van der Waals surface area contributed by atoms with E-state index < -0.39 is 0 Å². The molecule has 8 heteroatoms. The number of carbonyl (C=O) groups is 2. The van der Waals surface area contributed by atoms with Crippen LogP contribution in [0.4, 0.5) is 5.82 Å². The number of rotatable bonds is 5. The maximum Gasteiger partial charge on any atom is 0.253 e. The minimum atomic E-state index is -0.134. The van der Waals surface area contributed by atoms with Gasteiger partial charge in [-0.15, -0.1) is 0 Å². The highest BCUT2D eigenvalue weighted by Gasteiger charge is 2.28. The number of piperidine rings is 1. The van der Waals surface area contributed by atoms with Gasteiger partial charge in [-0.1, -0.05) is 0 Å². The summed E-state index contributed by atoms with van der Waals surface area (Å²) in [5.41, 5.74) is 0.598. The van der Waals surface area contributed by atoms with Crippen molar-refractivity contribution in [3.8, 4) is 11.5 Å². The molecule has 4 rings (SSSR count). The van der Waals surface area contributed by atoms with Crippen molar-refractivity contribution >= 4 is 33.6 Å². The molecular formula is C23H21BrN4O3. The maximum atomic E-state index is 12.8. The first-order valence-corrected chi connectivity index (χ1v) is 10.8. The zero-order chi connectivity index (χ0) is 21.6. The molecule has 1 N–H and O–H groups in total. The van der Waals surface area contributed by atoms with Gasteiger partial charge in [0.05, 0.1) is 6.20 Å². The van der Waals surface area contributed by atoms with Crippen LogP contribution >= 0.6 is 15.9 Å². The third kappa shape index (κ3) is 5.46. The lowest BCUT2D eigenvalue weighted by atomic mass is 9.95. The number of halogens is 1. The molecule has 1 aliphatic heterocycles. The number of nitrogens with one attached hydrogen (secondary N) is 1. The van der Waals surface area contributed by atoms with Crippen LogP contribution < -0.4 is 10.1 Å². The van der Waals surface area contributed by atoms with Crippen LogP contribution in [0.5, 0.6) is 11.5 Å². The molecule has 1 aliphatic rings. The van der Waals surface area contributed by atoms with Gasteiger partial charge in [-0.2, -0.15) is 0 Å². The zero-order valence-electron chi connectivity index (χ0n) is 16.7. The fraction of sp³-hybridized carbons (Fsp3) is 0.217. The van der Waals surface area contributed by atoms with E-state index in [-0.39, 0.29) is 17.7 Å². The molecule has 0 bridgehead atoms. The van der Waals surface area contributed by atoms with Crippen LogP contribution in [0.2, 0.25) is 0 Å². The van der Waals surface area contributed by atoms with E-state index in [1.807, 2.05) is 12.1 Å². The van der Waals surface area contributed by atoms with Crippen molar-refractivity contribution in [1.82, 2.24) is 14.9 Å². The van der Waals surface area contributed by atoms with E-state index in [1.54, 1.807) is 59.9 Å². The summed E-state index contributed by atoms with van der Waals surface area (Å²) in [6, 6.07) is 14.3. The van der Waals surface area contributed by atoms with E-state index in [0.717, 1.165) is 4.47 Å². The zero-order valence-corrected chi connectivity index (χ0v) is 18.3. The highest BCUT2D eigenvalue weighted by Crippen LogP contribution is 2.24. The second-order valence-corrected chi connectivity index (χ2v) is 8.15. The number of carbonyl (C=O) groups excluding carboxylic acids is 2. The van der Waals surface area contributed by atoms with Gasteiger partial charge in [0.15, 0.2) is 0 Å². The van der Waals surface area contributed by atoms with Crippen LogP contribution in [-0.4, -0.2) is 39.8 Å². The van der Waals surface area contributed by atoms with E-state index in [1.165, 1.54) is 0 Å². The molecule has 0 aliphatic carbocycles. The van der Waals surface area contributed by atoms with Gasteiger partial charge < -0.3 is 15.0 Å². The van der Waals surface area contributed by atoms with Gasteiger partial charge in [0.25, 0.3) is 5.91 Å². The third-order valence-corrected chi connectivity index (χ3v) is 5.57. The van der Waals surface area contributed by atoms with E-state index in [9.17, 15) is 9.59 Å². The Kier molecular flexibility index (Phi) is 6.57. The van der Waals surface area contributed by atoms with Crippen molar-refractivity contribution in [2.45, 2.75) is 12.8 Å². The van der Waals surface area contributed by atoms with E-state index in [4.69, 9.17) is 4.74 Å². The summed E-state index contributed by atoms with van der Waals surface area (Å²) < 4.78 is 6.57. The molecule has 3 aromatic rings. The van der Waals surface area contributed by atoms with Crippen LogP contribution in [-0.2, 0) is 4.79 Å². The largest absolute Gasteiger partial charge is 0.456 e. The number of hydrogen-bond acceptors (Lipinski definition) is 5. The summed E-state index contributed by atoms with van der Waals surface area (Å²) in [7, 11) is 0. The minimum absolute atomic E-state index is 0.0404. The lowest BCUT2D eigenvalue weighted by Gasteiger charge is -2.31. The lowest BCUT2D eigenvalue weighted by molar-refractivity contribution is -0.121. The number of nitrogens with zero attached hydrogens (tertiary/aromatic N) is 3. The highest BCUT2D eigenvalue weighted by atomic mass is 79.9. The summed E-state index contributed by atoms with van der Waals surface area (Å²) >= 11 is 3.32. The van der Waals surface area contributed by atoms with Gasteiger partial charge >= 0.3 is 0 Å². The Hall–Kier alpha value is -3.26. The fourth-order valence-electron chi connectivity index (χ4n) is 3.41. The van der Waals surface area contributed by atoms with Gasteiger partial charge in [-0.25, -0.2) is 4.98 Å². The Labute approximate surface area is 188 Å². The van der Waals surface area contributed by atoms with Crippen LogP contribution in [0.15, 0.2) is 71.6 Å². The van der Waals surface area contributed by atoms with E-state index >= 15 is 0 Å². The molecular weight excluding hydrogens is 460 g/mol. The maximum absolute atomic E-state index is 12.8. The first-order chi connectivity index (χ1) is 15.1. The number of ether oxygens (including phenoxy) is 1. The SMILES string of the molecule is O=C(Nc1ccc(Br)cn1)C1CCN(C(=O)c2ccc(Oc3cccnc3)cc2)CC1. The van der Waals surface area contributed by atoms with E-state index in [2.05, 4.69) is 31.2 Å². The van der Waals surface area contributed by atoms with Crippen LogP contribution in [0, 0.1) is 5.92 Å². The molecule has 0 radical (unpaired) electrons. The summed E-state index contributed by atoms with van der Waals surface area (Å²) in [6.45, 7) is 1.08. The quantitative estimate of drug-likeness (QED) is 0.579. The average Bonchev–Trinajstić information content (AvgIpc) is 2.81. The van der Waals surface area contributed by atoms with Crippen molar-refractivity contribution in [2.75, 3.05) is 18.4 Å². The molecule has 158 valence electrons. The predicted octanol–water partition coefficient (Wildman–Crippen LogP) is 4.52. The number of likely N-dealkylation sites (tertiary alicyclic amines) is 1. The lowest BCUT2D eigenvalue weighted by Crippen LogP contribution is -2.41. The molecule has 31 heavy (non-hydrogen) atoms. The Bertz CT molecular complexity index is 1030. The molecule has 0 unspecified atom stereocenters. The first kappa shape index (κ1) is 21.0. The number of aromatic nitrogens is 2. The summed E-state index contributed by atoms with van der Waals surface area (Å²) in [6.07, 6.45) is 6.20. The molecule has 1 saturated heterocycles. The number of hydrogen-bond donors (Lipinski definition) is 1. The Balaban J connectivity index is 1.29. The number of benzene rings is 1. The summed E-state index contributed by atoms with van der Waals surface area (Å²) in [5, 5.41) is 2.85. The van der Waals surface area contributed by atoms with Gasteiger partial charge in [0.2, 0.25) is 5.91 Å². The predicted molar refractivity (Wildman–Crippen MR) is 120 cm³/mol. The normalized spacial score (nSPS) is 14.2. The molecule has 1 fully saturated rings. The van der Waals surface area contributed by atoms with Crippen LogP contribution in [0.25, 0.3) is 0 Å². The Morgan fingerprint density at radius 3 is 2.42 bits per heavy atom. The molecule has 7 nitrogen and oxygen atoms in total. The molecule has 2 aromatic heterocycles. The second-order valence-electron chi connectivity index (χ2n) is 7.23. The van der Waals surface area contributed by atoms with Gasteiger partial charge in [0.1, 0.15) is 17.3 Å². The number of pyridine rings is 2. The summed E-state index contributed by atoms with van der Waals surface area (Å²) in [4.78, 5) is 35.3. The van der Waals surface area contributed by atoms with Crippen molar-refractivity contribution in [3.63, 3.8) is 0 Å². The highest BCUT2D eigenvalue weighted by molar-refractivity contribution is 9.10. The average molecular weight is 481 g/mol. The smallest absolute Gasteiger partial charge is 0.253 e. The van der Waals surface area contributed by atoms with Gasteiger partial charge in [-0.05, 0) is 77.3 Å². The fourth-order valence-corrected chi connectivity index (χ4v) is 3.65. The van der Waals surface area contributed by atoms with Crippen molar-refractivity contribution in [3.05, 3.63) is 77.2 Å². The van der Waals surface area contributed by atoms with Crippen molar-refractivity contribution in [1.29, 1.82) is 0 Å². The third-order valence-electron chi connectivity index (χ3n) is 5.10. The minimum Gasteiger partial charge on any atom is -0.456 e. The second kappa shape index (κ2) is 9.70. The number of anilines is 1. The molecule has 0 saturated carbocycles. The number of amides is 2. The Morgan fingerprint density at radius 1 is 1.00 bits per heavy atom. The monoisotopic (exact) mass is 480 g/mol. The van der Waals surface area contributed by atoms with Crippen LogP contribution in [0.3, 0.4) is 0 Å². The standard InChI is InChI=1S/C23H21BrN4O3/c24-18-5-8-21(26-14-18)27-22(29)16-9-12-28(13-10-16)23(30)17-3-6-19(7-4-17)31-20-2-1-11-25-15-20/h1-8,11,14-16H,9-10,12-13H2,(H,26,27,29).